The van der Waals surface area contributed by atoms with Gasteiger partial charge in [-0.25, -0.2) is 4.98 Å². The molecule has 1 aliphatic heterocycles. The molecular weight excluding hydrogens is 461 g/mol. The SMILES string of the molecule is Cc1nc(NCc2ccc(Cn3nc(C4CC4)cc3C(F)(F)F)nc2)nc2c1NC(=O)[C@H](C)N2C. The minimum absolute atomic E-state index is 0.0569. The number of alkyl halides is 3. The van der Waals surface area contributed by atoms with Gasteiger partial charge in [-0.3, -0.25) is 14.5 Å². The Labute approximate surface area is 199 Å². The number of carbonyl (C=O) groups excluding carboxylic acids is 1. The molecule has 0 bridgehead atoms. The summed E-state index contributed by atoms with van der Waals surface area (Å²) in [6.45, 7) is 3.91. The van der Waals surface area contributed by atoms with E-state index in [1.807, 2.05) is 0 Å². The van der Waals surface area contributed by atoms with Crippen molar-refractivity contribution in [3.05, 3.63) is 52.7 Å². The first kappa shape index (κ1) is 23.1. The number of hydrogen-bond donors (Lipinski definition) is 2. The van der Waals surface area contributed by atoms with Crippen LogP contribution >= 0.6 is 0 Å². The van der Waals surface area contributed by atoms with Crippen LogP contribution < -0.4 is 15.5 Å². The van der Waals surface area contributed by atoms with Crippen molar-refractivity contribution in [3.8, 4) is 0 Å². The molecule has 12 heteroatoms. The number of likely N-dealkylation sites (N-methyl/N-ethyl adjacent to an activating group) is 1. The lowest BCUT2D eigenvalue weighted by molar-refractivity contribution is -0.144. The first-order chi connectivity index (χ1) is 16.6. The number of anilines is 3. The van der Waals surface area contributed by atoms with E-state index in [0.29, 0.717) is 41.1 Å². The molecule has 0 saturated heterocycles. The van der Waals surface area contributed by atoms with Gasteiger partial charge >= 0.3 is 6.18 Å². The molecule has 2 N–H and O–H groups in total. The first-order valence-electron chi connectivity index (χ1n) is 11.3. The summed E-state index contributed by atoms with van der Waals surface area (Å²) in [6.07, 6.45) is -1.09. The number of amides is 1. The van der Waals surface area contributed by atoms with E-state index in [0.717, 1.165) is 29.2 Å². The maximum absolute atomic E-state index is 13.4. The molecule has 3 aromatic heterocycles. The normalized spacial score (nSPS) is 17.8. The standard InChI is InChI=1S/C23H25F3N8O/c1-12-19-20(33(3)13(2)21(35)30-19)31-22(29-12)28-10-14-4-7-16(27-9-14)11-34-18(23(24,25)26)8-17(32-34)15-5-6-15/h4,7-9,13,15H,5-6,10-11H2,1-3H3,(H,30,35)(H,28,29,31)/t13-/m0/s1. The lowest BCUT2D eigenvalue weighted by atomic mass is 10.2. The zero-order valence-electron chi connectivity index (χ0n) is 19.5. The van der Waals surface area contributed by atoms with Crippen molar-refractivity contribution in [2.75, 3.05) is 22.6 Å². The highest BCUT2D eigenvalue weighted by Crippen LogP contribution is 2.41. The van der Waals surface area contributed by atoms with Crippen molar-refractivity contribution in [3.63, 3.8) is 0 Å². The zero-order valence-corrected chi connectivity index (χ0v) is 19.5. The Kier molecular flexibility index (Phi) is 5.60. The van der Waals surface area contributed by atoms with Gasteiger partial charge in [0.15, 0.2) is 5.82 Å². The van der Waals surface area contributed by atoms with Crippen LogP contribution in [0.25, 0.3) is 0 Å². The largest absolute Gasteiger partial charge is 0.433 e. The quantitative estimate of drug-likeness (QED) is 0.548. The van der Waals surface area contributed by atoms with Gasteiger partial charge in [0.05, 0.1) is 23.6 Å². The van der Waals surface area contributed by atoms with E-state index in [9.17, 15) is 18.0 Å². The molecule has 0 unspecified atom stereocenters. The number of rotatable bonds is 6. The molecule has 0 spiro atoms. The number of halogens is 3. The van der Waals surface area contributed by atoms with Crippen LogP contribution in [0.5, 0.6) is 0 Å². The molecule has 4 heterocycles. The monoisotopic (exact) mass is 486 g/mol. The molecule has 35 heavy (non-hydrogen) atoms. The van der Waals surface area contributed by atoms with Crippen LogP contribution in [0.3, 0.4) is 0 Å². The van der Waals surface area contributed by atoms with E-state index in [1.165, 1.54) is 0 Å². The smallest absolute Gasteiger partial charge is 0.350 e. The van der Waals surface area contributed by atoms with Gasteiger partial charge in [0.25, 0.3) is 0 Å². The number of pyridine rings is 1. The second kappa shape index (κ2) is 8.51. The van der Waals surface area contributed by atoms with E-state index in [-0.39, 0.29) is 24.4 Å². The summed E-state index contributed by atoms with van der Waals surface area (Å²) in [5, 5.41) is 10.2. The second-order valence-electron chi connectivity index (χ2n) is 9.00. The third kappa shape index (κ3) is 4.64. The van der Waals surface area contributed by atoms with Gasteiger partial charge in [0.1, 0.15) is 17.4 Å². The van der Waals surface area contributed by atoms with Gasteiger partial charge in [0.2, 0.25) is 11.9 Å². The fraction of sp³-hybridized carbons (Fsp3) is 0.435. The van der Waals surface area contributed by atoms with E-state index in [2.05, 4.69) is 30.7 Å². The number of hydrogen-bond acceptors (Lipinski definition) is 7. The Balaban J connectivity index is 1.27. The Morgan fingerprint density at radius 3 is 2.66 bits per heavy atom. The Morgan fingerprint density at radius 2 is 2.00 bits per heavy atom. The fourth-order valence-corrected chi connectivity index (χ4v) is 3.98. The summed E-state index contributed by atoms with van der Waals surface area (Å²) in [4.78, 5) is 27.1. The molecule has 9 nitrogen and oxygen atoms in total. The van der Waals surface area contributed by atoms with Crippen LogP contribution in [-0.4, -0.2) is 43.7 Å². The molecule has 2 aliphatic rings. The molecule has 1 atom stereocenters. The summed E-state index contributed by atoms with van der Waals surface area (Å²) in [7, 11) is 1.80. The van der Waals surface area contributed by atoms with Crippen LogP contribution in [0.15, 0.2) is 24.4 Å². The van der Waals surface area contributed by atoms with Gasteiger partial charge < -0.3 is 15.5 Å². The summed E-state index contributed by atoms with van der Waals surface area (Å²) < 4.78 is 41.3. The van der Waals surface area contributed by atoms with Crippen LogP contribution in [-0.2, 0) is 24.1 Å². The van der Waals surface area contributed by atoms with Crippen molar-refractivity contribution in [2.45, 2.75) is 57.9 Å². The molecule has 1 aliphatic carbocycles. The molecule has 0 radical (unpaired) electrons. The molecule has 1 fully saturated rings. The average molecular weight is 487 g/mol. The molecule has 3 aromatic rings. The molecular formula is C23H25F3N8O. The van der Waals surface area contributed by atoms with Gasteiger partial charge in [-0.1, -0.05) is 6.07 Å². The summed E-state index contributed by atoms with van der Waals surface area (Å²) in [5.74, 6) is 1.05. The van der Waals surface area contributed by atoms with E-state index >= 15 is 0 Å². The minimum atomic E-state index is -4.47. The van der Waals surface area contributed by atoms with Crippen LogP contribution in [0, 0.1) is 6.92 Å². The number of nitrogens with zero attached hydrogens (tertiary/aromatic N) is 6. The summed E-state index contributed by atoms with van der Waals surface area (Å²) in [6, 6.07) is 4.29. The van der Waals surface area contributed by atoms with Crippen molar-refractivity contribution >= 4 is 23.4 Å². The van der Waals surface area contributed by atoms with Crippen molar-refractivity contribution in [2.24, 2.45) is 0 Å². The second-order valence-corrected chi connectivity index (χ2v) is 9.00. The molecule has 0 aromatic carbocycles. The zero-order chi connectivity index (χ0) is 24.9. The lowest BCUT2D eigenvalue weighted by Crippen LogP contribution is -2.44. The van der Waals surface area contributed by atoms with Crippen LogP contribution in [0.2, 0.25) is 0 Å². The van der Waals surface area contributed by atoms with Crippen molar-refractivity contribution < 1.29 is 18.0 Å². The predicted molar refractivity (Wildman–Crippen MR) is 123 cm³/mol. The molecule has 1 saturated carbocycles. The number of nitrogens with one attached hydrogen (secondary N) is 2. The highest BCUT2D eigenvalue weighted by atomic mass is 19.4. The fourth-order valence-electron chi connectivity index (χ4n) is 3.98. The van der Waals surface area contributed by atoms with Gasteiger partial charge in [-0.05, 0) is 44.4 Å². The van der Waals surface area contributed by atoms with E-state index in [1.54, 1.807) is 44.1 Å². The third-order valence-corrected chi connectivity index (χ3v) is 6.35. The Hall–Kier alpha value is -3.70. The number of fused-ring (bicyclic) bond motifs is 1. The minimum Gasteiger partial charge on any atom is -0.350 e. The van der Waals surface area contributed by atoms with Gasteiger partial charge in [0, 0.05) is 25.7 Å². The lowest BCUT2D eigenvalue weighted by Gasteiger charge is -2.32. The van der Waals surface area contributed by atoms with Gasteiger partial charge in [-0.15, -0.1) is 0 Å². The van der Waals surface area contributed by atoms with Crippen LogP contribution in [0.1, 0.15) is 54.0 Å². The maximum atomic E-state index is 13.4. The highest BCUT2D eigenvalue weighted by molar-refractivity contribution is 6.03. The topological polar surface area (TPSA) is 101 Å². The number of carbonyl (C=O) groups is 1. The molecule has 1 amide bonds. The predicted octanol–water partition coefficient (Wildman–Crippen LogP) is 3.71. The summed E-state index contributed by atoms with van der Waals surface area (Å²) >= 11 is 0. The molecule has 184 valence electrons. The summed E-state index contributed by atoms with van der Waals surface area (Å²) in [5.41, 5.74) is 2.28. The van der Waals surface area contributed by atoms with Crippen molar-refractivity contribution in [1.29, 1.82) is 0 Å². The number of aromatic nitrogens is 5. The van der Waals surface area contributed by atoms with Crippen LogP contribution in [0.4, 0.5) is 30.6 Å². The average Bonchev–Trinajstić information content (AvgIpc) is 3.57. The molecule has 5 rings (SSSR count). The first-order valence-corrected chi connectivity index (χ1v) is 11.3. The highest BCUT2D eigenvalue weighted by Gasteiger charge is 2.38. The third-order valence-electron chi connectivity index (χ3n) is 6.35. The van der Waals surface area contributed by atoms with E-state index < -0.39 is 11.9 Å². The maximum Gasteiger partial charge on any atom is 0.433 e. The Bertz CT molecular complexity index is 1270. The van der Waals surface area contributed by atoms with Gasteiger partial charge in [-0.2, -0.15) is 23.3 Å². The van der Waals surface area contributed by atoms with E-state index in [4.69, 9.17) is 0 Å². The Morgan fingerprint density at radius 1 is 1.23 bits per heavy atom. The van der Waals surface area contributed by atoms with Crippen molar-refractivity contribution in [1.82, 2.24) is 24.7 Å². The number of aryl methyl sites for hydroxylation is 1.